The van der Waals surface area contributed by atoms with Crippen LogP contribution in [0.3, 0.4) is 0 Å². The number of ether oxygens (including phenoxy) is 1. The van der Waals surface area contributed by atoms with E-state index in [1.165, 1.54) is 18.2 Å². The maximum absolute atomic E-state index is 13.2. The van der Waals surface area contributed by atoms with Crippen LogP contribution in [0.5, 0.6) is 0 Å². The molecular formula is C18H11ClFN3O2. The van der Waals surface area contributed by atoms with E-state index in [9.17, 15) is 14.4 Å². The Balaban J connectivity index is 1.83. The van der Waals surface area contributed by atoms with E-state index in [2.05, 4.69) is 10.3 Å². The number of nitrogens with one attached hydrogen (secondary N) is 1. The van der Waals surface area contributed by atoms with Crippen molar-refractivity contribution in [2.24, 2.45) is 4.99 Å². The molecule has 3 rings (SSSR count). The van der Waals surface area contributed by atoms with Gasteiger partial charge in [-0.05, 0) is 29.8 Å². The minimum Gasteiger partial charge on any atom is -0.457 e. The maximum Gasteiger partial charge on any atom is 0.351 e. The third kappa shape index (κ3) is 3.67. The molecule has 0 saturated heterocycles. The third-order valence-electron chi connectivity index (χ3n) is 3.41. The largest absolute Gasteiger partial charge is 0.457 e. The van der Waals surface area contributed by atoms with Crippen LogP contribution in [0.15, 0.2) is 64.8 Å². The lowest BCUT2D eigenvalue weighted by Crippen LogP contribution is -2.18. The van der Waals surface area contributed by atoms with Gasteiger partial charge in [-0.15, -0.1) is 0 Å². The highest BCUT2D eigenvalue weighted by atomic mass is 35.5. The van der Waals surface area contributed by atoms with E-state index >= 15 is 0 Å². The van der Waals surface area contributed by atoms with Gasteiger partial charge in [0.1, 0.15) is 24.2 Å². The van der Waals surface area contributed by atoms with Crippen molar-refractivity contribution in [1.82, 2.24) is 0 Å². The third-order valence-corrected chi connectivity index (χ3v) is 3.69. The van der Waals surface area contributed by atoms with Crippen LogP contribution in [0.1, 0.15) is 5.56 Å². The summed E-state index contributed by atoms with van der Waals surface area (Å²) in [6, 6.07) is 14.5. The number of nitrogens with zero attached hydrogens (tertiary/aromatic N) is 2. The summed E-state index contributed by atoms with van der Waals surface area (Å²) in [5.74, 6) is -1.31. The molecule has 25 heavy (non-hydrogen) atoms. The van der Waals surface area contributed by atoms with Gasteiger partial charge < -0.3 is 10.1 Å². The van der Waals surface area contributed by atoms with Crippen LogP contribution < -0.4 is 5.32 Å². The molecule has 0 amide bonds. The van der Waals surface area contributed by atoms with E-state index in [1.807, 2.05) is 0 Å². The zero-order chi connectivity index (χ0) is 17.8. The van der Waals surface area contributed by atoms with Crippen molar-refractivity contribution in [3.05, 3.63) is 71.2 Å². The standard InChI is InChI=1S/C18H11ClFN3O2/c19-17-16(22-14-6-1-2-7-15(14)23-17)13(9-21)18(24)25-10-11-4-3-5-12(20)8-11/h1-8,22H,10H2/b16-13+. The number of allylic oxidation sites excluding steroid dienone is 1. The van der Waals surface area contributed by atoms with Gasteiger partial charge in [0.25, 0.3) is 0 Å². The zero-order valence-corrected chi connectivity index (χ0v) is 13.5. The number of hydrogen-bond donors (Lipinski definition) is 1. The minimum absolute atomic E-state index is 0.0158. The number of nitriles is 1. The average molecular weight is 356 g/mol. The summed E-state index contributed by atoms with van der Waals surface area (Å²) >= 11 is 6.09. The molecule has 0 unspecified atom stereocenters. The highest BCUT2D eigenvalue weighted by molar-refractivity contribution is 6.70. The van der Waals surface area contributed by atoms with Gasteiger partial charge in [0.05, 0.1) is 11.4 Å². The second-order valence-electron chi connectivity index (χ2n) is 5.11. The van der Waals surface area contributed by atoms with Crippen molar-refractivity contribution in [2.45, 2.75) is 6.61 Å². The van der Waals surface area contributed by atoms with Crippen LogP contribution in [-0.2, 0) is 16.1 Å². The highest BCUT2D eigenvalue weighted by Gasteiger charge is 2.24. The van der Waals surface area contributed by atoms with Gasteiger partial charge in [-0.3, -0.25) is 0 Å². The topological polar surface area (TPSA) is 74.5 Å². The molecule has 0 aromatic heterocycles. The lowest BCUT2D eigenvalue weighted by Gasteiger charge is -2.18. The van der Waals surface area contributed by atoms with Crippen LogP contribution >= 0.6 is 11.6 Å². The summed E-state index contributed by atoms with van der Waals surface area (Å²) < 4.78 is 18.2. The van der Waals surface area contributed by atoms with Crippen molar-refractivity contribution in [3.63, 3.8) is 0 Å². The second-order valence-corrected chi connectivity index (χ2v) is 5.47. The first-order chi connectivity index (χ1) is 12.1. The van der Waals surface area contributed by atoms with E-state index in [4.69, 9.17) is 16.3 Å². The Morgan fingerprint density at radius 1 is 1.28 bits per heavy atom. The van der Waals surface area contributed by atoms with Crippen LogP contribution in [0.25, 0.3) is 0 Å². The first-order valence-corrected chi connectivity index (χ1v) is 7.63. The number of benzene rings is 2. The quantitative estimate of drug-likeness (QED) is 0.512. The molecule has 0 fully saturated rings. The predicted octanol–water partition coefficient (Wildman–Crippen LogP) is 4.04. The Bertz CT molecular complexity index is 947. The van der Waals surface area contributed by atoms with Crippen molar-refractivity contribution in [3.8, 4) is 6.07 Å². The number of rotatable bonds is 3. The van der Waals surface area contributed by atoms with Gasteiger partial charge in [0, 0.05) is 0 Å². The zero-order valence-electron chi connectivity index (χ0n) is 12.8. The summed E-state index contributed by atoms with van der Waals surface area (Å²) in [5.41, 5.74) is 1.46. The van der Waals surface area contributed by atoms with Crippen molar-refractivity contribution >= 4 is 34.1 Å². The van der Waals surface area contributed by atoms with Gasteiger partial charge in [0.15, 0.2) is 10.7 Å². The summed E-state index contributed by atoms with van der Waals surface area (Å²) in [5, 5.41) is 12.2. The summed E-state index contributed by atoms with van der Waals surface area (Å²) in [4.78, 5) is 16.4. The van der Waals surface area contributed by atoms with E-state index < -0.39 is 11.8 Å². The number of para-hydroxylation sites is 2. The van der Waals surface area contributed by atoms with E-state index in [0.717, 1.165) is 0 Å². The minimum atomic E-state index is -0.873. The highest BCUT2D eigenvalue weighted by Crippen LogP contribution is 2.32. The van der Waals surface area contributed by atoms with E-state index in [0.29, 0.717) is 16.9 Å². The van der Waals surface area contributed by atoms with Crippen molar-refractivity contribution < 1.29 is 13.9 Å². The van der Waals surface area contributed by atoms with Gasteiger partial charge in [-0.2, -0.15) is 5.26 Å². The number of halogens is 2. The fourth-order valence-electron chi connectivity index (χ4n) is 2.24. The van der Waals surface area contributed by atoms with E-state index in [1.54, 1.807) is 36.4 Å². The normalized spacial score (nSPS) is 14.5. The number of hydrogen-bond acceptors (Lipinski definition) is 5. The first kappa shape index (κ1) is 16.7. The lowest BCUT2D eigenvalue weighted by molar-refractivity contribution is -0.139. The van der Waals surface area contributed by atoms with Gasteiger partial charge in [0.2, 0.25) is 0 Å². The van der Waals surface area contributed by atoms with E-state index in [-0.39, 0.29) is 23.0 Å². The van der Waals surface area contributed by atoms with Gasteiger partial charge >= 0.3 is 5.97 Å². The molecule has 1 N–H and O–H groups in total. The fraction of sp³-hybridized carbons (Fsp3) is 0.0556. The van der Waals surface area contributed by atoms with Crippen LogP contribution in [0.2, 0.25) is 0 Å². The molecule has 0 spiro atoms. The van der Waals surface area contributed by atoms with Crippen LogP contribution in [-0.4, -0.2) is 11.1 Å². The van der Waals surface area contributed by atoms with Crippen LogP contribution in [0.4, 0.5) is 15.8 Å². The number of carbonyl (C=O) groups is 1. The maximum atomic E-state index is 13.2. The molecule has 5 nitrogen and oxygen atoms in total. The SMILES string of the molecule is N#C/C(C(=O)OCc1cccc(F)c1)=C1\Nc2ccccc2N=C1Cl. The molecule has 0 atom stereocenters. The van der Waals surface area contributed by atoms with Gasteiger partial charge in [-0.1, -0.05) is 35.9 Å². The Hall–Kier alpha value is -3.17. The molecule has 2 aromatic carbocycles. The lowest BCUT2D eigenvalue weighted by atomic mass is 10.1. The first-order valence-electron chi connectivity index (χ1n) is 7.25. The molecule has 7 heteroatoms. The number of fused-ring (bicyclic) bond motifs is 1. The smallest absolute Gasteiger partial charge is 0.351 e. The molecule has 0 bridgehead atoms. The summed E-state index contributed by atoms with van der Waals surface area (Å²) in [6.45, 7) is -0.166. The molecular weight excluding hydrogens is 345 g/mol. The summed E-state index contributed by atoms with van der Waals surface area (Å²) in [7, 11) is 0. The molecule has 1 aliphatic rings. The van der Waals surface area contributed by atoms with Crippen molar-refractivity contribution in [1.29, 1.82) is 5.26 Å². The Labute approximate surface area is 148 Å². The number of anilines is 1. The number of aliphatic imine (C=N–C) groups is 1. The average Bonchev–Trinajstić information content (AvgIpc) is 2.61. The molecule has 1 heterocycles. The summed E-state index contributed by atoms with van der Waals surface area (Å²) in [6.07, 6.45) is 0. The molecule has 1 aliphatic heterocycles. The van der Waals surface area contributed by atoms with Gasteiger partial charge in [-0.25, -0.2) is 14.2 Å². The molecule has 0 radical (unpaired) electrons. The molecule has 124 valence electrons. The van der Waals surface area contributed by atoms with Crippen molar-refractivity contribution in [2.75, 3.05) is 5.32 Å². The molecule has 0 saturated carbocycles. The second kappa shape index (κ2) is 7.16. The number of carbonyl (C=O) groups excluding carboxylic acids is 1. The predicted molar refractivity (Wildman–Crippen MR) is 91.8 cm³/mol. The fourth-order valence-corrected chi connectivity index (χ4v) is 2.47. The van der Waals surface area contributed by atoms with Crippen LogP contribution in [0, 0.1) is 17.1 Å². The molecule has 2 aromatic rings. The molecule has 0 aliphatic carbocycles. The monoisotopic (exact) mass is 355 g/mol. The number of esters is 1. The Morgan fingerprint density at radius 2 is 2.08 bits per heavy atom. The Kier molecular flexibility index (Phi) is 4.78. The Morgan fingerprint density at radius 3 is 2.84 bits per heavy atom.